The Morgan fingerprint density at radius 1 is 1.17 bits per heavy atom. The van der Waals surface area contributed by atoms with Crippen molar-refractivity contribution in [3.63, 3.8) is 0 Å². The van der Waals surface area contributed by atoms with Gasteiger partial charge in [-0.1, -0.05) is 0 Å². The van der Waals surface area contributed by atoms with Crippen molar-refractivity contribution in [2.45, 2.75) is 19.3 Å². The second-order valence-electron chi connectivity index (χ2n) is 5.98. The van der Waals surface area contributed by atoms with Crippen LogP contribution < -0.4 is 14.4 Å². The third kappa shape index (κ3) is 2.98. The number of benzene rings is 1. The second kappa shape index (κ2) is 6.48. The molecule has 0 radical (unpaired) electrons. The van der Waals surface area contributed by atoms with Crippen molar-refractivity contribution >= 4 is 17.5 Å². The Balaban J connectivity index is 1.81. The molecule has 2 aliphatic heterocycles. The Morgan fingerprint density at radius 2 is 1.91 bits per heavy atom. The molecule has 0 N–H and O–H groups in total. The van der Waals surface area contributed by atoms with Crippen molar-refractivity contribution in [3.8, 4) is 11.5 Å². The maximum Gasteiger partial charge on any atom is 0.228 e. The maximum absolute atomic E-state index is 12.5. The Labute approximate surface area is 136 Å². The van der Waals surface area contributed by atoms with Crippen molar-refractivity contribution in [2.24, 2.45) is 5.92 Å². The zero-order valence-corrected chi connectivity index (χ0v) is 13.6. The number of amides is 2. The van der Waals surface area contributed by atoms with Crippen LogP contribution in [-0.4, -0.2) is 50.6 Å². The van der Waals surface area contributed by atoms with Gasteiger partial charge in [-0.3, -0.25) is 9.59 Å². The van der Waals surface area contributed by atoms with E-state index in [1.54, 1.807) is 37.3 Å². The summed E-state index contributed by atoms with van der Waals surface area (Å²) >= 11 is 0. The van der Waals surface area contributed by atoms with Crippen LogP contribution in [0.4, 0.5) is 5.69 Å². The standard InChI is InChI=1S/C17H22N2O4/c1-22-13-5-6-15(23-2)14(10-13)19-11-12(9-16(19)20)17(21)18-7-3-4-8-18/h5-6,10,12H,3-4,7-9,11H2,1-2H3. The zero-order chi connectivity index (χ0) is 16.4. The molecule has 0 saturated carbocycles. The summed E-state index contributed by atoms with van der Waals surface area (Å²) in [6.45, 7) is 2.02. The topological polar surface area (TPSA) is 59.1 Å². The van der Waals surface area contributed by atoms with E-state index in [1.807, 2.05) is 4.90 Å². The van der Waals surface area contributed by atoms with E-state index in [4.69, 9.17) is 9.47 Å². The molecule has 0 bridgehead atoms. The van der Waals surface area contributed by atoms with Crippen LogP contribution in [0.15, 0.2) is 18.2 Å². The minimum absolute atomic E-state index is 0.0471. The number of carbonyl (C=O) groups excluding carboxylic acids is 2. The first-order valence-electron chi connectivity index (χ1n) is 7.95. The number of methoxy groups -OCH3 is 2. The van der Waals surface area contributed by atoms with E-state index >= 15 is 0 Å². The second-order valence-corrected chi connectivity index (χ2v) is 5.98. The van der Waals surface area contributed by atoms with Crippen LogP contribution in [0.3, 0.4) is 0 Å². The largest absolute Gasteiger partial charge is 0.497 e. The Kier molecular flexibility index (Phi) is 4.41. The van der Waals surface area contributed by atoms with Crippen LogP contribution in [0, 0.1) is 5.92 Å². The SMILES string of the molecule is COc1ccc(OC)c(N2CC(C(=O)N3CCCC3)CC2=O)c1. The first-order chi connectivity index (χ1) is 11.1. The molecule has 6 heteroatoms. The van der Waals surface area contributed by atoms with Crippen LogP contribution in [0.2, 0.25) is 0 Å². The summed E-state index contributed by atoms with van der Waals surface area (Å²) in [7, 11) is 3.15. The van der Waals surface area contributed by atoms with E-state index < -0.39 is 0 Å². The molecule has 124 valence electrons. The molecule has 6 nitrogen and oxygen atoms in total. The number of nitrogens with zero attached hydrogens (tertiary/aromatic N) is 2. The van der Waals surface area contributed by atoms with Gasteiger partial charge in [0.1, 0.15) is 11.5 Å². The fourth-order valence-electron chi connectivity index (χ4n) is 3.31. The molecule has 1 unspecified atom stereocenters. The lowest BCUT2D eigenvalue weighted by Gasteiger charge is -2.22. The van der Waals surface area contributed by atoms with E-state index in [-0.39, 0.29) is 24.2 Å². The average molecular weight is 318 g/mol. The van der Waals surface area contributed by atoms with Crippen LogP contribution >= 0.6 is 0 Å². The number of ether oxygens (including phenoxy) is 2. The molecule has 3 rings (SSSR count). The van der Waals surface area contributed by atoms with Crippen molar-refractivity contribution in [1.82, 2.24) is 4.90 Å². The van der Waals surface area contributed by atoms with Gasteiger partial charge in [-0.25, -0.2) is 0 Å². The van der Waals surface area contributed by atoms with Crippen molar-refractivity contribution in [3.05, 3.63) is 18.2 Å². The highest BCUT2D eigenvalue weighted by Gasteiger charge is 2.38. The van der Waals surface area contributed by atoms with Crippen LogP contribution in [0.25, 0.3) is 0 Å². The first kappa shape index (κ1) is 15.6. The molecule has 2 aliphatic rings. The number of hydrogen-bond donors (Lipinski definition) is 0. The van der Waals surface area contributed by atoms with Crippen LogP contribution in [-0.2, 0) is 9.59 Å². The van der Waals surface area contributed by atoms with E-state index in [9.17, 15) is 9.59 Å². The van der Waals surface area contributed by atoms with Gasteiger partial charge in [0.25, 0.3) is 0 Å². The van der Waals surface area contributed by atoms with Crippen molar-refractivity contribution in [2.75, 3.05) is 38.8 Å². The Morgan fingerprint density at radius 3 is 2.57 bits per heavy atom. The number of hydrogen-bond acceptors (Lipinski definition) is 4. The van der Waals surface area contributed by atoms with Crippen LogP contribution in [0.1, 0.15) is 19.3 Å². The average Bonchev–Trinajstić information content (AvgIpc) is 3.23. The van der Waals surface area contributed by atoms with Gasteiger partial charge >= 0.3 is 0 Å². The molecule has 2 fully saturated rings. The molecule has 1 aromatic carbocycles. The summed E-state index contributed by atoms with van der Waals surface area (Å²) in [5, 5.41) is 0. The van der Waals surface area contributed by atoms with Gasteiger partial charge in [-0.2, -0.15) is 0 Å². The monoisotopic (exact) mass is 318 g/mol. The summed E-state index contributed by atoms with van der Waals surface area (Å²) in [6, 6.07) is 5.34. The van der Waals surface area contributed by atoms with Gasteiger partial charge in [0.2, 0.25) is 11.8 Å². The van der Waals surface area contributed by atoms with E-state index in [0.717, 1.165) is 25.9 Å². The smallest absolute Gasteiger partial charge is 0.228 e. The summed E-state index contributed by atoms with van der Waals surface area (Å²) in [5.41, 5.74) is 0.661. The highest BCUT2D eigenvalue weighted by molar-refractivity contribution is 6.01. The highest BCUT2D eigenvalue weighted by atomic mass is 16.5. The van der Waals surface area contributed by atoms with Gasteiger partial charge < -0.3 is 19.3 Å². The fraction of sp³-hybridized carbons (Fsp3) is 0.529. The highest BCUT2D eigenvalue weighted by Crippen LogP contribution is 2.36. The van der Waals surface area contributed by atoms with Crippen molar-refractivity contribution in [1.29, 1.82) is 0 Å². The fourth-order valence-corrected chi connectivity index (χ4v) is 3.31. The quantitative estimate of drug-likeness (QED) is 0.847. The molecular weight excluding hydrogens is 296 g/mol. The molecule has 0 aromatic heterocycles. The summed E-state index contributed by atoms with van der Waals surface area (Å²) < 4.78 is 10.6. The Hall–Kier alpha value is -2.24. The summed E-state index contributed by atoms with van der Waals surface area (Å²) in [5.74, 6) is 1.04. The lowest BCUT2D eigenvalue weighted by Crippen LogP contribution is -2.35. The summed E-state index contributed by atoms with van der Waals surface area (Å²) in [4.78, 5) is 28.5. The van der Waals surface area contributed by atoms with E-state index in [0.29, 0.717) is 23.7 Å². The lowest BCUT2D eigenvalue weighted by atomic mass is 10.1. The van der Waals surface area contributed by atoms with Crippen molar-refractivity contribution < 1.29 is 19.1 Å². The molecule has 0 aliphatic carbocycles. The molecule has 2 heterocycles. The van der Waals surface area contributed by atoms with E-state index in [2.05, 4.69) is 0 Å². The zero-order valence-electron chi connectivity index (χ0n) is 13.6. The third-order valence-corrected chi connectivity index (χ3v) is 4.57. The van der Waals surface area contributed by atoms with E-state index in [1.165, 1.54) is 0 Å². The summed E-state index contributed by atoms with van der Waals surface area (Å²) in [6.07, 6.45) is 2.37. The number of rotatable bonds is 4. The molecular formula is C17H22N2O4. The molecule has 2 amide bonds. The van der Waals surface area contributed by atoms with Gasteiger partial charge in [-0.15, -0.1) is 0 Å². The lowest BCUT2D eigenvalue weighted by molar-refractivity contribution is -0.134. The Bertz CT molecular complexity index is 611. The minimum Gasteiger partial charge on any atom is -0.497 e. The molecule has 23 heavy (non-hydrogen) atoms. The molecule has 1 atom stereocenters. The predicted octanol–water partition coefficient (Wildman–Crippen LogP) is 1.68. The normalized spacial score (nSPS) is 21.0. The van der Waals surface area contributed by atoms with Gasteiger partial charge in [0, 0.05) is 32.1 Å². The number of anilines is 1. The molecule has 1 aromatic rings. The van der Waals surface area contributed by atoms with Gasteiger partial charge in [0.05, 0.1) is 25.8 Å². The predicted molar refractivity (Wildman–Crippen MR) is 85.8 cm³/mol. The molecule has 2 saturated heterocycles. The maximum atomic E-state index is 12.5. The van der Waals surface area contributed by atoms with Gasteiger partial charge in [-0.05, 0) is 25.0 Å². The minimum atomic E-state index is -0.267. The molecule has 0 spiro atoms. The third-order valence-electron chi connectivity index (χ3n) is 4.57. The first-order valence-corrected chi connectivity index (χ1v) is 7.95. The van der Waals surface area contributed by atoms with Gasteiger partial charge in [0.15, 0.2) is 0 Å². The number of carbonyl (C=O) groups is 2. The number of likely N-dealkylation sites (tertiary alicyclic amines) is 1. The van der Waals surface area contributed by atoms with Crippen LogP contribution in [0.5, 0.6) is 11.5 Å².